The van der Waals surface area contributed by atoms with Crippen molar-refractivity contribution in [3.8, 4) is 0 Å². The minimum absolute atomic E-state index is 0.0901. The van der Waals surface area contributed by atoms with Crippen LogP contribution in [-0.4, -0.2) is 31.2 Å². The molecule has 16 heavy (non-hydrogen) atoms. The Bertz CT molecular complexity index is 233. The third-order valence-corrected chi connectivity index (χ3v) is 2.29. The second-order valence-electron chi connectivity index (χ2n) is 4.87. The highest BCUT2D eigenvalue weighted by Gasteiger charge is 2.27. The number of rotatable bonds is 4. The molecule has 0 radical (unpaired) electrons. The first kappa shape index (κ1) is 15.2. The lowest BCUT2D eigenvalue weighted by Gasteiger charge is -2.28. The van der Waals surface area contributed by atoms with Crippen molar-refractivity contribution >= 4 is 5.91 Å². The van der Waals surface area contributed by atoms with E-state index in [1.54, 1.807) is 0 Å². The summed E-state index contributed by atoms with van der Waals surface area (Å²) in [5.41, 5.74) is -0.111. The second-order valence-corrected chi connectivity index (χ2v) is 4.87. The first-order valence-corrected chi connectivity index (χ1v) is 5.09. The molecule has 0 aliphatic carbocycles. The van der Waals surface area contributed by atoms with E-state index in [2.05, 4.69) is 5.32 Å². The first-order valence-electron chi connectivity index (χ1n) is 5.09. The van der Waals surface area contributed by atoms with Gasteiger partial charge < -0.3 is 10.6 Å². The van der Waals surface area contributed by atoms with Crippen LogP contribution in [0.15, 0.2) is 0 Å². The van der Waals surface area contributed by atoms with Gasteiger partial charge in [0.25, 0.3) is 0 Å². The smallest absolute Gasteiger partial charge is 0.352 e. The molecule has 96 valence electrons. The summed E-state index contributed by atoms with van der Waals surface area (Å²) in [4.78, 5) is 11.2. The summed E-state index contributed by atoms with van der Waals surface area (Å²) >= 11 is 0. The molecule has 0 spiro atoms. The van der Waals surface area contributed by atoms with E-state index in [1.165, 1.54) is 0 Å². The van der Waals surface area contributed by atoms with Gasteiger partial charge in [0.2, 0.25) is 5.91 Å². The molecular weight excluding hydrogens is 221 g/mol. The van der Waals surface area contributed by atoms with E-state index in [0.717, 1.165) is 0 Å². The average molecular weight is 240 g/mol. The van der Waals surface area contributed by atoms with Gasteiger partial charge in [-0.3, -0.25) is 4.79 Å². The first-order chi connectivity index (χ1) is 7.02. The van der Waals surface area contributed by atoms with Gasteiger partial charge in [-0.05, 0) is 12.3 Å². The van der Waals surface area contributed by atoms with Gasteiger partial charge in [0, 0.05) is 6.04 Å². The lowest BCUT2D eigenvalue weighted by atomic mass is 9.88. The van der Waals surface area contributed by atoms with Crippen molar-refractivity contribution < 1.29 is 18.0 Å². The van der Waals surface area contributed by atoms with Crippen LogP contribution in [0.3, 0.4) is 0 Å². The topological polar surface area (TPSA) is 41.1 Å². The zero-order valence-corrected chi connectivity index (χ0v) is 10.0. The maximum Gasteiger partial charge on any atom is 0.401 e. The summed E-state index contributed by atoms with van der Waals surface area (Å²) in [6.45, 7) is 6.19. The normalized spacial score (nSPS) is 14.7. The molecule has 3 nitrogen and oxygen atoms in total. The highest BCUT2D eigenvalue weighted by Crippen LogP contribution is 2.18. The molecule has 0 aromatic heterocycles. The van der Waals surface area contributed by atoms with E-state index in [0.29, 0.717) is 0 Å². The van der Waals surface area contributed by atoms with Crippen molar-refractivity contribution in [2.24, 2.45) is 5.41 Å². The van der Waals surface area contributed by atoms with Crippen molar-refractivity contribution in [3.63, 3.8) is 0 Å². The Morgan fingerprint density at radius 3 is 2.12 bits per heavy atom. The third kappa shape index (κ3) is 7.50. The highest BCUT2D eigenvalue weighted by atomic mass is 19.4. The minimum atomic E-state index is -4.28. The molecule has 0 bridgehead atoms. The Morgan fingerprint density at radius 2 is 1.75 bits per heavy atom. The standard InChI is InChI=1S/C10H19F3N2O/c1-7(9(2,3)4)15-8(16)5-14-6-10(11,12)13/h7,14H,5-6H2,1-4H3,(H,15,16). The Morgan fingerprint density at radius 1 is 1.25 bits per heavy atom. The Kier molecular flexibility index (Phi) is 5.25. The number of hydrogen-bond donors (Lipinski definition) is 2. The van der Waals surface area contributed by atoms with Crippen LogP contribution in [0.1, 0.15) is 27.7 Å². The molecule has 0 saturated carbocycles. The van der Waals surface area contributed by atoms with E-state index in [4.69, 9.17) is 0 Å². The third-order valence-electron chi connectivity index (χ3n) is 2.29. The number of hydrogen-bond acceptors (Lipinski definition) is 2. The van der Waals surface area contributed by atoms with Gasteiger partial charge in [0.05, 0.1) is 13.1 Å². The van der Waals surface area contributed by atoms with Crippen molar-refractivity contribution in [2.45, 2.75) is 39.9 Å². The molecule has 1 atom stereocenters. The molecule has 0 aliphatic heterocycles. The van der Waals surface area contributed by atoms with Crippen molar-refractivity contribution in [2.75, 3.05) is 13.1 Å². The SMILES string of the molecule is CC(NC(=O)CNCC(F)(F)F)C(C)(C)C. The summed E-state index contributed by atoms with van der Waals surface area (Å²) in [7, 11) is 0. The minimum Gasteiger partial charge on any atom is -0.352 e. The van der Waals surface area contributed by atoms with Crippen molar-refractivity contribution in [1.82, 2.24) is 10.6 Å². The van der Waals surface area contributed by atoms with Gasteiger partial charge in [-0.15, -0.1) is 0 Å². The Labute approximate surface area is 93.8 Å². The molecule has 0 saturated heterocycles. The van der Waals surface area contributed by atoms with Gasteiger partial charge in [0.15, 0.2) is 0 Å². The predicted octanol–water partition coefficient (Wildman–Crippen LogP) is 1.69. The predicted molar refractivity (Wildman–Crippen MR) is 56.0 cm³/mol. The number of carbonyl (C=O) groups is 1. The molecular formula is C10H19F3N2O. The monoisotopic (exact) mass is 240 g/mol. The number of alkyl halides is 3. The molecule has 1 amide bonds. The van der Waals surface area contributed by atoms with E-state index in [9.17, 15) is 18.0 Å². The van der Waals surface area contributed by atoms with Gasteiger partial charge >= 0.3 is 6.18 Å². The van der Waals surface area contributed by atoms with Crippen LogP contribution in [0.2, 0.25) is 0 Å². The average Bonchev–Trinajstić information content (AvgIpc) is 1.99. The lowest BCUT2D eigenvalue weighted by Crippen LogP contribution is -2.46. The summed E-state index contributed by atoms with van der Waals surface area (Å²) in [5, 5.41) is 4.68. The largest absolute Gasteiger partial charge is 0.401 e. The summed E-state index contributed by atoms with van der Waals surface area (Å²) < 4.78 is 35.3. The van der Waals surface area contributed by atoms with Gasteiger partial charge in [-0.1, -0.05) is 20.8 Å². The molecule has 0 heterocycles. The quantitative estimate of drug-likeness (QED) is 0.785. The lowest BCUT2D eigenvalue weighted by molar-refractivity contribution is -0.129. The second kappa shape index (κ2) is 5.52. The summed E-state index contributed by atoms with van der Waals surface area (Å²) in [5.74, 6) is -0.424. The van der Waals surface area contributed by atoms with E-state index < -0.39 is 18.6 Å². The Hall–Kier alpha value is -0.780. The van der Waals surface area contributed by atoms with Crippen LogP contribution in [0.4, 0.5) is 13.2 Å². The van der Waals surface area contributed by atoms with Crippen LogP contribution in [0.5, 0.6) is 0 Å². The summed E-state index contributed by atoms with van der Waals surface area (Å²) in [6.07, 6.45) is -4.28. The number of amides is 1. The fourth-order valence-corrected chi connectivity index (χ4v) is 0.827. The molecule has 0 rings (SSSR count). The molecule has 0 aliphatic rings. The fourth-order valence-electron chi connectivity index (χ4n) is 0.827. The van der Waals surface area contributed by atoms with Crippen LogP contribution < -0.4 is 10.6 Å². The molecule has 1 unspecified atom stereocenters. The molecule has 2 N–H and O–H groups in total. The van der Waals surface area contributed by atoms with Crippen LogP contribution >= 0.6 is 0 Å². The van der Waals surface area contributed by atoms with Crippen molar-refractivity contribution in [1.29, 1.82) is 0 Å². The zero-order valence-electron chi connectivity index (χ0n) is 10.0. The molecule has 0 aromatic rings. The Balaban J connectivity index is 3.84. The maximum absolute atomic E-state index is 11.8. The highest BCUT2D eigenvalue weighted by molar-refractivity contribution is 5.78. The number of halogens is 3. The van der Waals surface area contributed by atoms with Crippen LogP contribution in [0.25, 0.3) is 0 Å². The molecule has 6 heteroatoms. The van der Waals surface area contributed by atoms with E-state index in [-0.39, 0.29) is 18.0 Å². The van der Waals surface area contributed by atoms with Gasteiger partial charge in [-0.25, -0.2) is 0 Å². The molecule has 0 aromatic carbocycles. The zero-order chi connectivity index (χ0) is 13.0. The molecule has 0 fully saturated rings. The number of carbonyl (C=O) groups excluding carboxylic acids is 1. The van der Waals surface area contributed by atoms with Gasteiger partial charge in [0.1, 0.15) is 0 Å². The van der Waals surface area contributed by atoms with Crippen LogP contribution in [0, 0.1) is 5.41 Å². The van der Waals surface area contributed by atoms with Crippen molar-refractivity contribution in [3.05, 3.63) is 0 Å². The fraction of sp³-hybridized carbons (Fsp3) is 0.900. The number of nitrogens with one attached hydrogen (secondary N) is 2. The van der Waals surface area contributed by atoms with E-state index in [1.807, 2.05) is 33.0 Å². The van der Waals surface area contributed by atoms with Gasteiger partial charge in [-0.2, -0.15) is 13.2 Å². The maximum atomic E-state index is 11.8. The van der Waals surface area contributed by atoms with E-state index >= 15 is 0 Å². The summed E-state index contributed by atoms with van der Waals surface area (Å²) in [6, 6.07) is -0.0901. The van der Waals surface area contributed by atoms with Crippen LogP contribution in [-0.2, 0) is 4.79 Å².